The fourth-order valence-electron chi connectivity index (χ4n) is 3.48. The molecule has 0 aliphatic heterocycles. The van der Waals surface area contributed by atoms with Gasteiger partial charge in [-0.05, 0) is 32.6 Å². The third-order valence-corrected chi connectivity index (χ3v) is 4.75. The number of hydrogen-bond acceptors (Lipinski definition) is 6. The van der Waals surface area contributed by atoms with Crippen LogP contribution in [-0.4, -0.2) is 28.9 Å². The van der Waals surface area contributed by atoms with E-state index in [2.05, 4.69) is 5.32 Å². The first-order chi connectivity index (χ1) is 12.8. The minimum Gasteiger partial charge on any atom is -0.463 e. The van der Waals surface area contributed by atoms with Crippen molar-refractivity contribution in [3.63, 3.8) is 0 Å². The smallest absolute Gasteiger partial charge is 0.308 e. The number of amides is 1. The first-order valence-electron chi connectivity index (χ1n) is 9.25. The summed E-state index contributed by atoms with van der Waals surface area (Å²) in [5.74, 6) is -0.692. The molecule has 148 valence electrons. The molecule has 2 rings (SSSR count). The number of nitrogens with zero attached hydrogens (tertiary/aromatic N) is 1. The average Bonchev–Trinajstić information content (AvgIpc) is 2.98. The number of nitrogens with two attached hydrogens (primary N) is 1. The molecule has 1 fully saturated rings. The molecule has 3 N–H and O–H groups in total. The molecule has 0 saturated heterocycles. The predicted molar refractivity (Wildman–Crippen MR) is 99.8 cm³/mol. The largest absolute Gasteiger partial charge is 0.463 e. The maximum atomic E-state index is 12.5. The Morgan fingerprint density at radius 3 is 2.63 bits per heavy atom. The van der Waals surface area contributed by atoms with Gasteiger partial charge in [0, 0.05) is 18.5 Å². The summed E-state index contributed by atoms with van der Waals surface area (Å²) in [4.78, 5) is 35.5. The maximum Gasteiger partial charge on any atom is 0.308 e. The number of hydrogen-bond donors (Lipinski definition) is 2. The van der Waals surface area contributed by atoms with Crippen molar-refractivity contribution in [3.8, 4) is 0 Å². The zero-order valence-corrected chi connectivity index (χ0v) is 15.7. The van der Waals surface area contributed by atoms with Gasteiger partial charge < -0.3 is 15.8 Å². The lowest BCUT2D eigenvalue weighted by Gasteiger charge is -2.21. The molecule has 0 radical (unpaired) electrons. The van der Waals surface area contributed by atoms with E-state index in [1.807, 2.05) is 0 Å². The van der Waals surface area contributed by atoms with Crippen LogP contribution in [0.25, 0.3) is 0 Å². The molecule has 0 spiro atoms. The third-order valence-electron chi connectivity index (χ3n) is 4.75. The molecule has 0 bridgehead atoms. The number of carbonyl (C=O) groups excluding carboxylic acids is 2. The first kappa shape index (κ1) is 20.8. The van der Waals surface area contributed by atoms with Crippen LogP contribution in [0.3, 0.4) is 0 Å². The summed E-state index contributed by atoms with van der Waals surface area (Å²) < 4.78 is 5.15. The second kappa shape index (κ2) is 9.45. The Kier molecular flexibility index (Phi) is 7.29. The lowest BCUT2D eigenvalue weighted by atomic mass is 9.98. The van der Waals surface area contributed by atoms with Crippen molar-refractivity contribution in [2.75, 3.05) is 0 Å². The molecular weight excluding hydrogens is 350 g/mol. The van der Waals surface area contributed by atoms with Crippen molar-refractivity contribution in [2.24, 2.45) is 11.7 Å². The summed E-state index contributed by atoms with van der Waals surface area (Å²) in [7, 11) is 0. The van der Waals surface area contributed by atoms with Crippen molar-refractivity contribution in [1.29, 1.82) is 0 Å². The number of nitro groups is 1. The molecule has 0 aromatic heterocycles. The summed E-state index contributed by atoms with van der Waals surface area (Å²) in [6.45, 7) is 3.44. The lowest BCUT2D eigenvalue weighted by molar-refractivity contribution is -0.385. The third kappa shape index (κ3) is 6.02. The van der Waals surface area contributed by atoms with E-state index in [1.165, 1.54) is 6.07 Å². The van der Waals surface area contributed by atoms with Crippen LogP contribution in [0.4, 0.5) is 5.69 Å². The molecule has 1 aliphatic carbocycles. The standard InChI is InChI=1S/C19H27N3O5/c1-12(2)27-19(24)11-16(14-7-3-4-9-17(14)22(25)26)21-18(23)10-13-6-5-8-15(13)20/h3-4,7,9,12-13,15-16H,5-6,8,10-11,20H2,1-2H3,(H,21,23)/t13-,15+,16?/m0/s1. The minimum atomic E-state index is -0.831. The fraction of sp³-hybridized carbons (Fsp3) is 0.579. The second-order valence-corrected chi connectivity index (χ2v) is 7.24. The highest BCUT2D eigenvalue weighted by Crippen LogP contribution is 2.30. The monoisotopic (exact) mass is 377 g/mol. The molecule has 1 aliphatic rings. The molecule has 8 heteroatoms. The zero-order valence-electron chi connectivity index (χ0n) is 15.7. The van der Waals surface area contributed by atoms with E-state index in [0.717, 1.165) is 19.3 Å². The van der Waals surface area contributed by atoms with Crippen molar-refractivity contribution in [3.05, 3.63) is 39.9 Å². The van der Waals surface area contributed by atoms with Gasteiger partial charge in [-0.15, -0.1) is 0 Å². The average molecular weight is 377 g/mol. The lowest BCUT2D eigenvalue weighted by Crippen LogP contribution is -2.35. The van der Waals surface area contributed by atoms with Gasteiger partial charge in [0.15, 0.2) is 0 Å². The Morgan fingerprint density at radius 1 is 1.33 bits per heavy atom. The molecule has 0 heterocycles. The summed E-state index contributed by atoms with van der Waals surface area (Å²) in [5.41, 5.74) is 6.17. The molecule has 1 aromatic rings. The van der Waals surface area contributed by atoms with Crippen LogP contribution >= 0.6 is 0 Å². The number of carbonyl (C=O) groups is 2. The van der Waals surface area contributed by atoms with Crippen LogP contribution in [0, 0.1) is 16.0 Å². The van der Waals surface area contributed by atoms with Gasteiger partial charge in [0.1, 0.15) is 0 Å². The van der Waals surface area contributed by atoms with Gasteiger partial charge in [0.05, 0.1) is 29.1 Å². The van der Waals surface area contributed by atoms with E-state index < -0.39 is 16.9 Å². The normalized spacial score (nSPS) is 20.3. The zero-order chi connectivity index (χ0) is 20.0. The summed E-state index contributed by atoms with van der Waals surface area (Å²) in [5, 5.41) is 14.1. The van der Waals surface area contributed by atoms with Crippen LogP contribution in [0.2, 0.25) is 0 Å². The molecule has 27 heavy (non-hydrogen) atoms. The molecule has 3 atom stereocenters. The van der Waals surface area contributed by atoms with E-state index in [1.54, 1.807) is 32.0 Å². The van der Waals surface area contributed by atoms with Crippen molar-refractivity contribution < 1.29 is 19.2 Å². The molecule has 1 saturated carbocycles. The quantitative estimate of drug-likeness (QED) is 0.407. The highest BCUT2D eigenvalue weighted by molar-refractivity contribution is 5.78. The topological polar surface area (TPSA) is 125 Å². The SMILES string of the molecule is CC(C)OC(=O)CC(NC(=O)C[C@@H]1CCC[C@H]1N)c1ccccc1[N+](=O)[O-]. The predicted octanol–water partition coefficient (Wildman–Crippen LogP) is 2.61. The van der Waals surface area contributed by atoms with Gasteiger partial charge in [-0.2, -0.15) is 0 Å². The van der Waals surface area contributed by atoms with Gasteiger partial charge in [-0.25, -0.2) is 0 Å². The Bertz CT molecular complexity index is 692. The minimum absolute atomic E-state index is 0.00818. The van der Waals surface area contributed by atoms with E-state index >= 15 is 0 Å². The Balaban J connectivity index is 2.18. The summed E-state index contributed by atoms with van der Waals surface area (Å²) >= 11 is 0. The Labute approximate surface area is 158 Å². The van der Waals surface area contributed by atoms with Gasteiger partial charge in [-0.1, -0.05) is 24.6 Å². The fourth-order valence-corrected chi connectivity index (χ4v) is 3.48. The van der Waals surface area contributed by atoms with Crippen LogP contribution in [0.1, 0.15) is 57.6 Å². The highest BCUT2D eigenvalue weighted by Gasteiger charge is 2.30. The van der Waals surface area contributed by atoms with E-state index in [-0.39, 0.29) is 48.1 Å². The number of rotatable bonds is 8. The summed E-state index contributed by atoms with van der Waals surface area (Å²) in [6, 6.07) is 5.25. The van der Waals surface area contributed by atoms with Crippen molar-refractivity contribution in [2.45, 2.75) is 64.1 Å². The first-order valence-corrected chi connectivity index (χ1v) is 9.25. The Hall–Kier alpha value is -2.48. The van der Waals surface area contributed by atoms with Gasteiger partial charge >= 0.3 is 5.97 Å². The van der Waals surface area contributed by atoms with E-state index in [9.17, 15) is 19.7 Å². The number of benzene rings is 1. The molecule has 1 unspecified atom stereocenters. The number of esters is 1. The van der Waals surface area contributed by atoms with E-state index in [0.29, 0.717) is 0 Å². The number of para-hydroxylation sites is 1. The van der Waals surface area contributed by atoms with Crippen LogP contribution in [-0.2, 0) is 14.3 Å². The van der Waals surface area contributed by atoms with Gasteiger partial charge in [0.2, 0.25) is 5.91 Å². The van der Waals surface area contributed by atoms with Crippen LogP contribution in [0.5, 0.6) is 0 Å². The molecule has 1 amide bonds. The Morgan fingerprint density at radius 2 is 2.04 bits per heavy atom. The summed E-state index contributed by atoms with van der Waals surface area (Å²) in [6.07, 6.45) is 2.54. The van der Waals surface area contributed by atoms with E-state index in [4.69, 9.17) is 10.5 Å². The van der Waals surface area contributed by atoms with Gasteiger partial charge in [0.25, 0.3) is 5.69 Å². The molecule has 1 aromatic carbocycles. The number of nitrogens with one attached hydrogen (secondary N) is 1. The van der Waals surface area contributed by atoms with Crippen LogP contribution < -0.4 is 11.1 Å². The highest BCUT2D eigenvalue weighted by atomic mass is 16.6. The molecular formula is C19H27N3O5. The van der Waals surface area contributed by atoms with Gasteiger partial charge in [-0.3, -0.25) is 19.7 Å². The molecule has 8 nitrogen and oxygen atoms in total. The van der Waals surface area contributed by atoms with Crippen molar-refractivity contribution in [1.82, 2.24) is 5.32 Å². The maximum absolute atomic E-state index is 12.5. The second-order valence-electron chi connectivity index (χ2n) is 7.24. The van der Waals surface area contributed by atoms with Crippen molar-refractivity contribution >= 4 is 17.6 Å². The number of ether oxygens (including phenoxy) is 1. The number of nitro benzene ring substituents is 1. The van der Waals surface area contributed by atoms with Crippen LogP contribution in [0.15, 0.2) is 24.3 Å².